The van der Waals surface area contributed by atoms with Gasteiger partial charge in [0.05, 0.1) is 5.92 Å². The van der Waals surface area contributed by atoms with Gasteiger partial charge < -0.3 is 5.11 Å². The molecule has 0 aliphatic heterocycles. The van der Waals surface area contributed by atoms with Crippen molar-refractivity contribution in [3.05, 3.63) is 34.9 Å². The van der Waals surface area contributed by atoms with E-state index in [1.807, 2.05) is 32.9 Å². The lowest BCUT2D eigenvalue weighted by Gasteiger charge is -2.21. The number of aliphatic carboxylic acids is 1. The van der Waals surface area contributed by atoms with Gasteiger partial charge in [-0.15, -0.1) is 0 Å². The van der Waals surface area contributed by atoms with Crippen LogP contribution in [0.4, 0.5) is 0 Å². The van der Waals surface area contributed by atoms with E-state index in [1.165, 1.54) is 0 Å². The number of hydrogen-bond acceptors (Lipinski definition) is 1. The molecule has 0 radical (unpaired) electrons. The van der Waals surface area contributed by atoms with E-state index < -0.39 is 5.97 Å². The molecular formula is C15H22O2. The Morgan fingerprint density at radius 2 is 1.76 bits per heavy atom. The molecule has 0 spiro atoms. The Morgan fingerprint density at radius 1 is 1.24 bits per heavy atom. The summed E-state index contributed by atoms with van der Waals surface area (Å²) in [6.45, 7) is 8.15. The SMILES string of the molecule is CCCC(C)C(C(=O)O)c1cc(C)cc(C)c1. The van der Waals surface area contributed by atoms with Crippen molar-refractivity contribution in [3.8, 4) is 0 Å². The summed E-state index contributed by atoms with van der Waals surface area (Å²) in [6.07, 6.45) is 1.97. The molecule has 0 heterocycles. The zero-order chi connectivity index (χ0) is 13.0. The van der Waals surface area contributed by atoms with Crippen LogP contribution in [-0.4, -0.2) is 11.1 Å². The van der Waals surface area contributed by atoms with E-state index in [2.05, 4.69) is 13.0 Å². The first-order valence-electron chi connectivity index (χ1n) is 6.26. The number of aryl methyl sites for hydroxylation is 2. The first-order chi connectivity index (χ1) is 7.95. The number of carbonyl (C=O) groups is 1. The second-order valence-corrected chi connectivity index (χ2v) is 5.00. The van der Waals surface area contributed by atoms with Crippen molar-refractivity contribution in [1.29, 1.82) is 0 Å². The molecule has 0 fully saturated rings. The fourth-order valence-electron chi connectivity index (χ4n) is 2.53. The molecule has 1 rings (SSSR count). The van der Waals surface area contributed by atoms with Crippen LogP contribution in [0.5, 0.6) is 0 Å². The van der Waals surface area contributed by atoms with Crippen LogP contribution in [0.25, 0.3) is 0 Å². The van der Waals surface area contributed by atoms with Crippen LogP contribution >= 0.6 is 0 Å². The highest BCUT2D eigenvalue weighted by molar-refractivity contribution is 5.76. The number of hydrogen-bond donors (Lipinski definition) is 1. The van der Waals surface area contributed by atoms with Crippen LogP contribution in [0.1, 0.15) is 49.3 Å². The third-order valence-corrected chi connectivity index (χ3v) is 3.18. The molecule has 0 bridgehead atoms. The molecule has 0 saturated carbocycles. The Labute approximate surface area is 104 Å². The van der Waals surface area contributed by atoms with Crippen LogP contribution in [0.2, 0.25) is 0 Å². The number of benzene rings is 1. The summed E-state index contributed by atoms with van der Waals surface area (Å²) in [7, 11) is 0. The highest BCUT2D eigenvalue weighted by Gasteiger charge is 2.26. The number of carboxylic acid groups (broad SMARTS) is 1. The van der Waals surface area contributed by atoms with Crippen LogP contribution in [0.3, 0.4) is 0 Å². The van der Waals surface area contributed by atoms with Crippen LogP contribution in [0.15, 0.2) is 18.2 Å². The van der Waals surface area contributed by atoms with Gasteiger partial charge in [0, 0.05) is 0 Å². The van der Waals surface area contributed by atoms with Crippen molar-refractivity contribution < 1.29 is 9.90 Å². The molecule has 17 heavy (non-hydrogen) atoms. The Kier molecular flexibility index (Phi) is 4.73. The van der Waals surface area contributed by atoms with Gasteiger partial charge in [0.2, 0.25) is 0 Å². The average Bonchev–Trinajstić information content (AvgIpc) is 2.15. The van der Waals surface area contributed by atoms with E-state index in [4.69, 9.17) is 0 Å². The molecule has 1 N–H and O–H groups in total. The van der Waals surface area contributed by atoms with Crippen molar-refractivity contribution >= 4 is 5.97 Å². The van der Waals surface area contributed by atoms with Gasteiger partial charge in [-0.3, -0.25) is 4.79 Å². The van der Waals surface area contributed by atoms with Gasteiger partial charge in [0.25, 0.3) is 0 Å². The predicted molar refractivity (Wildman–Crippen MR) is 70.4 cm³/mol. The van der Waals surface area contributed by atoms with Gasteiger partial charge in [-0.05, 0) is 31.7 Å². The van der Waals surface area contributed by atoms with Crippen molar-refractivity contribution in [2.45, 2.75) is 46.5 Å². The number of carboxylic acids is 1. The van der Waals surface area contributed by atoms with Crippen LogP contribution in [-0.2, 0) is 4.79 Å². The summed E-state index contributed by atoms with van der Waals surface area (Å²) in [5, 5.41) is 9.41. The van der Waals surface area contributed by atoms with Gasteiger partial charge in [0.15, 0.2) is 0 Å². The standard InChI is InChI=1S/C15H22O2/c1-5-6-12(4)14(15(16)17)13-8-10(2)7-11(3)9-13/h7-9,12,14H,5-6H2,1-4H3,(H,16,17). The molecule has 0 aliphatic rings. The van der Waals surface area contributed by atoms with Crippen molar-refractivity contribution in [3.63, 3.8) is 0 Å². The van der Waals surface area contributed by atoms with Crippen molar-refractivity contribution in [2.24, 2.45) is 5.92 Å². The second kappa shape index (κ2) is 5.85. The van der Waals surface area contributed by atoms with E-state index in [0.717, 1.165) is 29.5 Å². The second-order valence-electron chi connectivity index (χ2n) is 5.00. The highest BCUT2D eigenvalue weighted by Crippen LogP contribution is 2.29. The topological polar surface area (TPSA) is 37.3 Å². The molecule has 2 unspecified atom stereocenters. The number of rotatable bonds is 5. The first kappa shape index (κ1) is 13.8. The predicted octanol–water partition coefficient (Wildman–Crippen LogP) is 3.91. The lowest BCUT2D eigenvalue weighted by atomic mass is 9.83. The Bertz CT molecular complexity index is 376. The quantitative estimate of drug-likeness (QED) is 0.838. The fraction of sp³-hybridized carbons (Fsp3) is 0.533. The summed E-state index contributed by atoms with van der Waals surface area (Å²) in [5.74, 6) is -0.914. The zero-order valence-electron chi connectivity index (χ0n) is 11.2. The third-order valence-electron chi connectivity index (χ3n) is 3.18. The molecule has 2 heteroatoms. The summed E-state index contributed by atoms with van der Waals surface area (Å²) >= 11 is 0. The van der Waals surface area contributed by atoms with E-state index in [1.54, 1.807) is 0 Å². The molecule has 1 aromatic rings. The maximum absolute atomic E-state index is 11.4. The largest absolute Gasteiger partial charge is 0.481 e. The van der Waals surface area contributed by atoms with Crippen LogP contribution < -0.4 is 0 Å². The van der Waals surface area contributed by atoms with Gasteiger partial charge in [-0.25, -0.2) is 0 Å². The van der Waals surface area contributed by atoms with Crippen LogP contribution in [0, 0.1) is 19.8 Å². The lowest BCUT2D eigenvalue weighted by molar-refractivity contribution is -0.140. The molecule has 0 aliphatic carbocycles. The Balaban J connectivity index is 3.09. The van der Waals surface area contributed by atoms with Crippen molar-refractivity contribution in [2.75, 3.05) is 0 Å². The summed E-state index contributed by atoms with van der Waals surface area (Å²) in [6, 6.07) is 6.07. The minimum absolute atomic E-state index is 0.179. The monoisotopic (exact) mass is 234 g/mol. The average molecular weight is 234 g/mol. The summed E-state index contributed by atoms with van der Waals surface area (Å²) in [4.78, 5) is 11.4. The third kappa shape index (κ3) is 3.58. The fourth-order valence-corrected chi connectivity index (χ4v) is 2.53. The maximum Gasteiger partial charge on any atom is 0.311 e. The maximum atomic E-state index is 11.4. The zero-order valence-corrected chi connectivity index (χ0v) is 11.2. The van der Waals surface area contributed by atoms with Crippen molar-refractivity contribution in [1.82, 2.24) is 0 Å². The Morgan fingerprint density at radius 3 is 2.18 bits per heavy atom. The lowest BCUT2D eigenvalue weighted by Crippen LogP contribution is -2.19. The molecule has 2 nitrogen and oxygen atoms in total. The minimum Gasteiger partial charge on any atom is -0.481 e. The highest BCUT2D eigenvalue weighted by atomic mass is 16.4. The molecule has 0 saturated heterocycles. The van der Waals surface area contributed by atoms with Gasteiger partial charge in [-0.1, -0.05) is 49.6 Å². The molecule has 0 aromatic heterocycles. The summed E-state index contributed by atoms with van der Waals surface area (Å²) < 4.78 is 0. The molecule has 2 atom stereocenters. The molecule has 94 valence electrons. The van der Waals surface area contributed by atoms with Gasteiger partial charge in [0.1, 0.15) is 0 Å². The smallest absolute Gasteiger partial charge is 0.311 e. The van der Waals surface area contributed by atoms with E-state index >= 15 is 0 Å². The molecular weight excluding hydrogens is 212 g/mol. The Hall–Kier alpha value is -1.31. The normalized spacial score (nSPS) is 14.4. The van der Waals surface area contributed by atoms with E-state index in [-0.39, 0.29) is 11.8 Å². The molecule has 0 amide bonds. The molecule has 1 aromatic carbocycles. The van der Waals surface area contributed by atoms with Gasteiger partial charge >= 0.3 is 5.97 Å². The van der Waals surface area contributed by atoms with E-state index in [9.17, 15) is 9.90 Å². The first-order valence-corrected chi connectivity index (χ1v) is 6.26. The van der Waals surface area contributed by atoms with E-state index in [0.29, 0.717) is 0 Å². The minimum atomic E-state index is -0.712. The summed E-state index contributed by atoms with van der Waals surface area (Å²) in [5.41, 5.74) is 3.21. The van der Waals surface area contributed by atoms with Gasteiger partial charge in [-0.2, -0.15) is 0 Å².